The van der Waals surface area contributed by atoms with E-state index in [-0.39, 0.29) is 0 Å². The average Bonchev–Trinajstić information content (AvgIpc) is 2.55. The predicted octanol–water partition coefficient (Wildman–Crippen LogP) is 4.23. The molecule has 0 aliphatic heterocycles. The zero-order valence-corrected chi connectivity index (χ0v) is 12.8. The Hall–Kier alpha value is -2.21. The van der Waals surface area contributed by atoms with Gasteiger partial charge in [0, 0.05) is 4.90 Å². The van der Waals surface area contributed by atoms with Crippen molar-refractivity contribution in [3.05, 3.63) is 48.5 Å². The van der Waals surface area contributed by atoms with E-state index in [0.29, 0.717) is 23.1 Å². The Balaban J connectivity index is 1.92. The van der Waals surface area contributed by atoms with Gasteiger partial charge in [0.05, 0.1) is 14.2 Å². The molecule has 0 radical (unpaired) electrons. The fourth-order valence-electron chi connectivity index (χ4n) is 1.70. The summed E-state index contributed by atoms with van der Waals surface area (Å²) in [5, 5.41) is 8.05. The molecule has 21 heavy (non-hydrogen) atoms. The maximum Gasteiger partial charge on any atom is 0.147 e. The van der Waals surface area contributed by atoms with Crippen LogP contribution in [0.2, 0.25) is 0 Å². The van der Waals surface area contributed by atoms with Crippen molar-refractivity contribution >= 4 is 17.4 Å². The van der Waals surface area contributed by atoms with Crippen LogP contribution in [-0.2, 0) is 0 Å². The number of hydrogen-bond acceptors (Lipinski definition) is 5. The van der Waals surface area contributed by atoms with E-state index in [1.54, 1.807) is 26.0 Å². The van der Waals surface area contributed by atoms with E-state index in [9.17, 15) is 0 Å². The molecule has 0 atom stereocenters. The van der Waals surface area contributed by atoms with Gasteiger partial charge < -0.3 is 9.47 Å². The standard InChI is InChI=1S/C15H17N3O2S/c1-19-13-9-6-10-14(20-2)15(13)17-18-16-11-21-12-7-4-3-5-8-12/h3-10H,11H2,1-2H3,(H,16,17). The maximum absolute atomic E-state index is 5.26. The van der Waals surface area contributed by atoms with Gasteiger partial charge in [-0.1, -0.05) is 29.5 Å². The molecule has 1 N–H and O–H groups in total. The number of para-hydroxylation sites is 1. The first-order valence-electron chi connectivity index (χ1n) is 6.36. The van der Waals surface area contributed by atoms with Gasteiger partial charge in [0.2, 0.25) is 0 Å². The van der Waals surface area contributed by atoms with Crippen LogP contribution in [0.25, 0.3) is 0 Å². The summed E-state index contributed by atoms with van der Waals surface area (Å²) in [6.45, 7) is 0. The maximum atomic E-state index is 5.26. The Morgan fingerprint density at radius 3 is 2.24 bits per heavy atom. The lowest BCUT2D eigenvalue weighted by Gasteiger charge is -2.11. The van der Waals surface area contributed by atoms with Crippen molar-refractivity contribution in [3.63, 3.8) is 0 Å². The van der Waals surface area contributed by atoms with Gasteiger partial charge >= 0.3 is 0 Å². The molecule has 0 unspecified atom stereocenters. The van der Waals surface area contributed by atoms with E-state index in [0.717, 1.165) is 4.90 Å². The van der Waals surface area contributed by atoms with E-state index in [2.05, 4.69) is 15.8 Å². The molecule has 6 heteroatoms. The number of nitrogens with zero attached hydrogens (tertiary/aromatic N) is 2. The summed E-state index contributed by atoms with van der Waals surface area (Å²) in [5.74, 6) is 1.85. The second kappa shape index (κ2) is 8.16. The van der Waals surface area contributed by atoms with Crippen molar-refractivity contribution in [2.24, 2.45) is 10.3 Å². The van der Waals surface area contributed by atoms with Crippen molar-refractivity contribution in [1.29, 1.82) is 0 Å². The van der Waals surface area contributed by atoms with Crippen molar-refractivity contribution in [3.8, 4) is 11.5 Å². The van der Waals surface area contributed by atoms with Gasteiger partial charge in [-0.15, -0.1) is 11.8 Å². The summed E-state index contributed by atoms with van der Waals surface area (Å²) in [4.78, 5) is 1.16. The molecule has 0 saturated heterocycles. The number of rotatable bonds is 7. The van der Waals surface area contributed by atoms with Crippen LogP contribution < -0.4 is 14.9 Å². The highest BCUT2D eigenvalue weighted by atomic mass is 32.2. The van der Waals surface area contributed by atoms with Gasteiger partial charge in [0.25, 0.3) is 0 Å². The lowest BCUT2D eigenvalue weighted by molar-refractivity contribution is 0.397. The quantitative estimate of drug-likeness (QED) is 0.472. The van der Waals surface area contributed by atoms with Gasteiger partial charge in [-0.05, 0) is 24.3 Å². The first-order valence-corrected chi connectivity index (χ1v) is 7.35. The molecule has 5 nitrogen and oxygen atoms in total. The fraction of sp³-hybridized carbons (Fsp3) is 0.200. The molecule has 0 fully saturated rings. The van der Waals surface area contributed by atoms with Crippen LogP contribution in [0.5, 0.6) is 11.5 Å². The highest BCUT2D eigenvalue weighted by Gasteiger charge is 2.08. The lowest BCUT2D eigenvalue weighted by Crippen LogP contribution is -1.96. The van der Waals surface area contributed by atoms with Crippen LogP contribution in [0.1, 0.15) is 0 Å². The minimum Gasteiger partial charge on any atom is -0.494 e. The summed E-state index contributed by atoms with van der Waals surface area (Å²) in [6.07, 6.45) is 0. The molecule has 0 aliphatic rings. The van der Waals surface area contributed by atoms with Crippen LogP contribution in [0.15, 0.2) is 63.8 Å². The molecule has 2 rings (SSSR count). The monoisotopic (exact) mass is 303 g/mol. The second-order valence-corrected chi connectivity index (χ2v) is 5.00. The summed E-state index contributed by atoms with van der Waals surface area (Å²) in [7, 11) is 3.20. The van der Waals surface area contributed by atoms with E-state index in [1.165, 1.54) is 0 Å². The number of benzene rings is 2. The van der Waals surface area contributed by atoms with Crippen molar-refractivity contribution in [2.75, 3.05) is 25.5 Å². The third-order valence-electron chi connectivity index (χ3n) is 2.69. The first-order chi connectivity index (χ1) is 10.3. The minimum absolute atomic E-state index is 0.536. The van der Waals surface area contributed by atoms with Crippen LogP contribution in [0, 0.1) is 0 Å². The zero-order valence-electron chi connectivity index (χ0n) is 11.9. The van der Waals surface area contributed by atoms with Crippen LogP contribution in [0.3, 0.4) is 0 Å². The average molecular weight is 303 g/mol. The molecule has 2 aromatic rings. The molecule has 0 bridgehead atoms. The van der Waals surface area contributed by atoms with Crippen LogP contribution in [0.4, 0.5) is 5.69 Å². The Morgan fingerprint density at radius 1 is 0.952 bits per heavy atom. The Kier molecular flexibility index (Phi) is 5.90. The smallest absolute Gasteiger partial charge is 0.147 e. The van der Waals surface area contributed by atoms with Gasteiger partial charge in [0.15, 0.2) is 0 Å². The Bertz CT molecular complexity index is 568. The molecule has 0 saturated carbocycles. The van der Waals surface area contributed by atoms with Gasteiger partial charge in [0.1, 0.15) is 23.1 Å². The Morgan fingerprint density at radius 2 is 1.62 bits per heavy atom. The SMILES string of the molecule is COc1cccc(OC)c1N/N=N/CSc1ccccc1. The molecule has 110 valence electrons. The normalized spacial score (nSPS) is 10.6. The summed E-state index contributed by atoms with van der Waals surface area (Å²) in [5.41, 5.74) is 3.53. The number of hydrogen-bond donors (Lipinski definition) is 1. The topological polar surface area (TPSA) is 55.2 Å². The highest BCUT2D eigenvalue weighted by Crippen LogP contribution is 2.34. The number of nitrogens with one attached hydrogen (secondary N) is 1. The predicted molar refractivity (Wildman–Crippen MR) is 85.2 cm³/mol. The van der Waals surface area contributed by atoms with Gasteiger partial charge in [-0.2, -0.15) is 5.11 Å². The molecule has 0 heterocycles. The van der Waals surface area contributed by atoms with Gasteiger partial charge in [-0.3, -0.25) is 5.43 Å². The van der Waals surface area contributed by atoms with Crippen molar-refractivity contribution in [1.82, 2.24) is 0 Å². The largest absolute Gasteiger partial charge is 0.494 e. The molecule has 0 amide bonds. The summed E-state index contributed by atoms with van der Waals surface area (Å²) in [6, 6.07) is 15.6. The van der Waals surface area contributed by atoms with E-state index in [1.807, 2.05) is 48.5 Å². The van der Waals surface area contributed by atoms with E-state index >= 15 is 0 Å². The molecule has 0 aromatic heterocycles. The first kappa shape index (κ1) is 15.2. The lowest BCUT2D eigenvalue weighted by atomic mass is 10.3. The minimum atomic E-state index is 0.536. The zero-order chi connectivity index (χ0) is 14.9. The van der Waals surface area contributed by atoms with Crippen LogP contribution in [-0.4, -0.2) is 20.1 Å². The van der Waals surface area contributed by atoms with Gasteiger partial charge in [-0.25, -0.2) is 0 Å². The van der Waals surface area contributed by atoms with Crippen molar-refractivity contribution < 1.29 is 9.47 Å². The van der Waals surface area contributed by atoms with Crippen molar-refractivity contribution in [2.45, 2.75) is 4.90 Å². The Labute approximate surface area is 128 Å². The summed E-state index contributed by atoms with van der Waals surface area (Å²) >= 11 is 1.61. The number of thioether (sulfide) groups is 1. The molecule has 0 aliphatic carbocycles. The number of anilines is 1. The fourth-order valence-corrected chi connectivity index (χ4v) is 2.31. The summed E-state index contributed by atoms with van der Waals surface area (Å²) < 4.78 is 10.5. The molecular weight excluding hydrogens is 286 g/mol. The third kappa shape index (κ3) is 4.39. The molecule has 0 spiro atoms. The third-order valence-corrected chi connectivity index (χ3v) is 3.54. The molecular formula is C15H17N3O2S. The van der Waals surface area contributed by atoms with Crippen LogP contribution >= 0.6 is 11.8 Å². The second-order valence-electron chi connectivity index (χ2n) is 3.98. The number of ether oxygens (including phenoxy) is 2. The highest BCUT2D eigenvalue weighted by molar-refractivity contribution is 7.99. The van der Waals surface area contributed by atoms with E-state index < -0.39 is 0 Å². The number of methoxy groups -OCH3 is 2. The molecule has 2 aromatic carbocycles. The van der Waals surface area contributed by atoms with E-state index in [4.69, 9.17) is 9.47 Å².